The van der Waals surface area contributed by atoms with Crippen molar-refractivity contribution in [2.24, 2.45) is 5.10 Å². The second-order valence-electron chi connectivity index (χ2n) is 6.25. The van der Waals surface area contributed by atoms with Crippen LogP contribution in [0.1, 0.15) is 16.7 Å². The van der Waals surface area contributed by atoms with Crippen molar-refractivity contribution in [2.75, 3.05) is 12.5 Å². The van der Waals surface area contributed by atoms with Crippen LogP contribution < -0.4 is 14.9 Å². The van der Waals surface area contributed by atoms with Crippen LogP contribution in [0.5, 0.6) is 11.5 Å². The molecule has 3 aromatic rings. The van der Waals surface area contributed by atoms with Crippen LogP contribution >= 0.6 is 15.9 Å². The molecule has 0 radical (unpaired) electrons. The summed E-state index contributed by atoms with van der Waals surface area (Å²) in [4.78, 5) is 3.68. The van der Waals surface area contributed by atoms with E-state index < -0.39 is 11.7 Å². The van der Waals surface area contributed by atoms with Crippen LogP contribution in [0.3, 0.4) is 0 Å². The van der Waals surface area contributed by atoms with Gasteiger partial charge < -0.3 is 9.47 Å². The molecule has 2 aromatic carbocycles. The molecule has 0 fully saturated rings. The Balaban J connectivity index is 1.69. The van der Waals surface area contributed by atoms with Crippen molar-refractivity contribution in [3.05, 3.63) is 81.7 Å². The minimum absolute atomic E-state index is 0.140. The summed E-state index contributed by atoms with van der Waals surface area (Å²) < 4.78 is 62.7. The molecule has 1 heterocycles. The molecular weight excluding hydrogens is 482 g/mol. The molecule has 0 aliphatic carbocycles. The van der Waals surface area contributed by atoms with E-state index in [1.54, 1.807) is 24.3 Å². The van der Waals surface area contributed by atoms with Crippen molar-refractivity contribution in [1.82, 2.24) is 4.98 Å². The first-order chi connectivity index (χ1) is 14.8. The smallest absolute Gasteiger partial charge is 0.417 e. The molecule has 0 amide bonds. The van der Waals surface area contributed by atoms with E-state index in [1.807, 2.05) is 0 Å². The van der Waals surface area contributed by atoms with Crippen LogP contribution in [0.4, 0.5) is 23.4 Å². The number of methoxy groups -OCH3 is 1. The summed E-state index contributed by atoms with van der Waals surface area (Å²) in [7, 11) is 1.47. The van der Waals surface area contributed by atoms with Crippen molar-refractivity contribution in [2.45, 2.75) is 12.8 Å². The SMILES string of the molecule is COc1cc(/C=N\Nc2ccc(C(F)(F)F)cn2)cc(Br)c1OCc1cccc(F)c1. The van der Waals surface area contributed by atoms with Crippen molar-refractivity contribution < 1.29 is 27.0 Å². The number of anilines is 1. The molecule has 162 valence electrons. The standard InChI is InChI=1S/C21H16BrF4N3O2/c1-30-18-9-14(10-28-29-19-6-5-15(11-27-19)21(24,25)26)8-17(22)20(18)31-12-13-3-2-4-16(23)7-13/h2-11H,12H2,1H3,(H,27,29)/b28-10-. The number of nitrogens with one attached hydrogen (secondary N) is 1. The van der Waals surface area contributed by atoms with Gasteiger partial charge in [-0.1, -0.05) is 12.1 Å². The van der Waals surface area contributed by atoms with Gasteiger partial charge in [-0.3, -0.25) is 5.43 Å². The fourth-order valence-electron chi connectivity index (χ4n) is 2.54. The zero-order chi connectivity index (χ0) is 22.4. The lowest BCUT2D eigenvalue weighted by Crippen LogP contribution is -2.05. The number of hydrogen-bond donors (Lipinski definition) is 1. The quantitative estimate of drug-likeness (QED) is 0.245. The number of rotatable bonds is 7. The molecule has 5 nitrogen and oxygen atoms in total. The molecule has 0 saturated heterocycles. The first-order valence-corrected chi connectivity index (χ1v) is 9.62. The van der Waals surface area contributed by atoms with E-state index in [2.05, 4.69) is 31.4 Å². The van der Waals surface area contributed by atoms with Gasteiger partial charge in [0.2, 0.25) is 0 Å². The summed E-state index contributed by atoms with van der Waals surface area (Å²) in [6, 6.07) is 11.5. The number of aromatic nitrogens is 1. The second-order valence-corrected chi connectivity index (χ2v) is 7.11. The fraction of sp³-hybridized carbons (Fsp3) is 0.143. The number of hydrogen-bond acceptors (Lipinski definition) is 5. The zero-order valence-corrected chi connectivity index (χ0v) is 17.7. The first kappa shape index (κ1) is 22.5. The number of ether oxygens (including phenoxy) is 2. The monoisotopic (exact) mass is 497 g/mol. The van der Waals surface area contributed by atoms with Crippen LogP contribution in [0.2, 0.25) is 0 Å². The third kappa shape index (κ3) is 6.17. The molecule has 3 rings (SSSR count). The number of hydrazone groups is 1. The summed E-state index contributed by atoms with van der Waals surface area (Å²) in [5.41, 5.74) is 3.01. The van der Waals surface area contributed by atoms with Gasteiger partial charge in [-0.15, -0.1) is 0 Å². The Morgan fingerprint density at radius 1 is 1.16 bits per heavy atom. The Morgan fingerprint density at radius 2 is 1.97 bits per heavy atom. The molecule has 0 aliphatic rings. The normalized spacial score (nSPS) is 11.5. The second kappa shape index (κ2) is 9.78. The molecule has 0 unspecified atom stereocenters. The van der Waals surface area contributed by atoms with Gasteiger partial charge in [0.15, 0.2) is 11.5 Å². The van der Waals surface area contributed by atoms with E-state index in [0.717, 1.165) is 12.3 Å². The van der Waals surface area contributed by atoms with Gasteiger partial charge in [0.25, 0.3) is 0 Å². The van der Waals surface area contributed by atoms with Gasteiger partial charge in [-0.05, 0) is 63.5 Å². The minimum Gasteiger partial charge on any atom is -0.493 e. The number of halogens is 5. The highest BCUT2D eigenvalue weighted by molar-refractivity contribution is 9.10. The third-order valence-electron chi connectivity index (χ3n) is 4.01. The van der Waals surface area contributed by atoms with E-state index in [-0.39, 0.29) is 18.2 Å². The maximum atomic E-state index is 13.3. The van der Waals surface area contributed by atoms with E-state index in [9.17, 15) is 17.6 Å². The first-order valence-electron chi connectivity index (χ1n) is 8.83. The van der Waals surface area contributed by atoms with Gasteiger partial charge in [-0.2, -0.15) is 18.3 Å². The van der Waals surface area contributed by atoms with Crippen molar-refractivity contribution in [3.63, 3.8) is 0 Å². The van der Waals surface area contributed by atoms with Crippen LogP contribution in [-0.4, -0.2) is 18.3 Å². The minimum atomic E-state index is -4.45. The maximum Gasteiger partial charge on any atom is 0.417 e. The highest BCUT2D eigenvalue weighted by Gasteiger charge is 2.30. The fourth-order valence-corrected chi connectivity index (χ4v) is 3.11. The largest absolute Gasteiger partial charge is 0.493 e. The highest BCUT2D eigenvalue weighted by Crippen LogP contribution is 2.37. The average molecular weight is 498 g/mol. The topological polar surface area (TPSA) is 55.7 Å². The predicted octanol–water partition coefficient (Wildman–Crippen LogP) is 6.04. The molecule has 0 atom stereocenters. The van der Waals surface area contributed by atoms with Crippen LogP contribution in [-0.2, 0) is 12.8 Å². The average Bonchev–Trinajstić information content (AvgIpc) is 2.72. The summed E-state index contributed by atoms with van der Waals surface area (Å²) in [5.74, 6) is 0.653. The number of alkyl halides is 3. The lowest BCUT2D eigenvalue weighted by molar-refractivity contribution is -0.137. The van der Waals surface area contributed by atoms with Gasteiger partial charge in [-0.25, -0.2) is 9.37 Å². The van der Waals surface area contributed by atoms with E-state index in [1.165, 1.54) is 31.5 Å². The van der Waals surface area contributed by atoms with Gasteiger partial charge in [0, 0.05) is 6.20 Å². The Labute approximate surface area is 183 Å². The Morgan fingerprint density at radius 3 is 2.61 bits per heavy atom. The molecule has 0 bridgehead atoms. The lowest BCUT2D eigenvalue weighted by Gasteiger charge is -2.13. The summed E-state index contributed by atoms with van der Waals surface area (Å²) in [5, 5.41) is 3.98. The van der Waals surface area contributed by atoms with Crippen molar-refractivity contribution in [1.29, 1.82) is 0 Å². The van der Waals surface area contributed by atoms with E-state index in [0.29, 0.717) is 27.1 Å². The van der Waals surface area contributed by atoms with Gasteiger partial charge in [0.05, 0.1) is 23.4 Å². The Hall–Kier alpha value is -3.14. The van der Waals surface area contributed by atoms with Gasteiger partial charge in [0.1, 0.15) is 18.2 Å². The van der Waals surface area contributed by atoms with Crippen LogP contribution in [0.25, 0.3) is 0 Å². The maximum absolute atomic E-state index is 13.3. The molecular formula is C21H16BrF4N3O2. The number of benzene rings is 2. The lowest BCUT2D eigenvalue weighted by atomic mass is 10.2. The summed E-state index contributed by atoms with van der Waals surface area (Å²) in [6.45, 7) is 0.140. The Bertz CT molecular complexity index is 1070. The molecule has 31 heavy (non-hydrogen) atoms. The molecule has 0 spiro atoms. The molecule has 0 aliphatic heterocycles. The van der Waals surface area contributed by atoms with Crippen molar-refractivity contribution >= 4 is 28.0 Å². The number of nitrogens with zero attached hydrogens (tertiary/aromatic N) is 2. The third-order valence-corrected chi connectivity index (χ3v) is 4.60. The van der Waals surface area contributed by atoms with Crippen LogP contribution in [0, 0.1) is 5.82 Å². The van der Waals surface area contributed by atoms with Crippen LogP contribution in [0.15, 0.2) is 64.3 Å². The molecule has 0 saturated carbocycles. The predicted molar refractivity (Wildman–Crippen MR) is 112 cm³/mol. The number of pyridine rings is 1. The van der Waals surface area contributed by atoms with E-state index in [4.69, 9.17) is 9.47 Å². The molecule has 1 N–H and O–H groups in total. The zero-order valence-electron chi connectivity index (χ0n) is 16.1. The summed E-state index contributed by atoms with van der Waals surface area (Å²) >= 11 is 3.41. The summed E-state index contributed by atoms with van der Waals surface area (Å²) in [6.07, 6.45) is -2.28. The highest BCUT2D eigenvalue weighted by atomic mass is 79.9. The van der Waals surface area contributed by atoms with E-state index >= 15 is 0 Å². The van der Waals surface area contributed by atoms with Crippen molar-refractivity contribution in [3.8, 4) is 11.5 Å². The Kier molecular flexibility index (Phi) is 7.11. The van der Waals surface area contributed by atoms with Gasteiger partial charge >= 0.3 is 6.18 Å². The molecule has 1 aromatic heterocycles. The molecule has 10 heteroatoms.